The first-order valence-electron chi connectivity index (χ1n) is 9.25. The van der Waals surface area contributed by atoms with Gasteiger partial charge in [0, 0.05) is 31.6 Å². The molecule has 142 valence electrons. The molecule has 27 heavy (non-hydrogen) atoms. The average molecular weight is 370 g/mol. The lowest BCUT2D eigenvalue weighted by Gasteiger charge is -2.26. The van der Waals surface area contributed by atoms with Gasteiger partial charge in [0.2, 0.25) is 5.91 Å². The van der Waals surface area contributed by atoms with Gasteiger partial charge in [0.15, 0.2) is 5.79 Å². The maximum atomic E-state index is 13.0. The van der Waals surface area contributed by atoms with Crippen molar-refractivity contribution in [1.29, 1.82) is 0 Å². The van der Waals surface area contributed by atoms with Gasteiger partial charge in [-0.05, 0) is 29.3 Å². The molecule has 1 spiro atoms. The Morgan fingerprint density at radius 2 is 1.85 bits per heavy atom. The predicted molar refractivity (Wildman–Crippen MR) is 99.9 cm³/mol. The first kappa shape index (κ1) is 17.9. The number of ether oxygens (including phenoxy) is 2. The van der Waals surface area contributed by atoms with Crippen molar-refractivity contribution in [3.8, 4) is 0 Å². The highest BCUT2D eigenvalue weighted by molar-refractivity contribution is 5.81. The van der Waals surface area contributed by atoms with E-state index in [1.807, 2.05) is 18.2 Å². The average Bonchev–Trinajstić information content (AvgIpc) is 3.07. The molecule has 0 atom stereocenters. The zero-order valence-corrected chi connectivity index (χ0v) is 15.1. The number of benzene rings is 2. The second-order valence-electron chi connectivity index (χ2n) is 6.99. The molecule has 0 unspecified atom stereocenters. The highest BCUT2D eigenvalue weighted by Gasteiger charge is 2.40. The number of nitrogens with zero attached hydrogens (tertiary/aromatic N) is 1. The topological polar surface area (TPSA) is 50.8 Å². The fourth-order valence-electron chi connectivity index (χ4n) is 3.71. The summed E-state index contributed by atoms with van der Waals surface area (Å²) in [6, 6.07) is 14.2. The molecule has 2 aliphatic heterocycles. The number of rotatable bonds is 4. The second kappa shape index (κ2) is 7.66. The number of amides is 1. The van der Waals surface area contributed by atoms with Gasteiger partial charge in [0.25, 0.3) is 0 Å². The minimum atomic E-state index is -0.574. The van der Waals surface area contributed by atoms with Crippen LogP contribution in [0.15, 0.2) is 48.5 Å². The Labute approximate surface area is 158 Å². The third-order valence-electron chi connectivity index (χ3n) is 5.11. The Hall–Kier alpha value is -2.44. The first-order chi connectivity index (χ1) is 13.1. The monoisotopic (exact) mass is 370 g/mol. The van der Waals surface area contributed by atoms with Crippen molar-refractivity contribution in [2.45, 2.75) is 25.2 Å². The van der Waals surface area contributed by atoms with Gasteiger partial charge in [0.1, 0.15) is 5.82 Å². The molecule has 1 fully saturated rings. The molecule has 2 aliphatic rings. The first-order valence-corrected chi connectivity index (χ1v) is 9.25. The van der Waals surface area contributed by atoms with Gasteiger partial charge in [-0.15, -0.1) is 0 Å². The lowest BCUT2D eigenvalue weighted by Crippen LogP contribution is -2.39. The van der Waals surface area contributed by atoms with Crippen LogP contribution in [0.1, 0.15) is 17.5 Å². The lowest BCUT2D eigenvalue weighted by atomic mass is 10.0. The molecule has 4 rings (SSSR count). The van der Waals surface area contributed by atoms with Crippen LogP contribution in [0.3, 0.4) is 0 Å². The molecule has 6 heteroatoms. The number of anilines is 1. The molecule has 0 aromatic heterocycles. The fourth-order valence-corrected chi connectivity index (χ4v) is 3.71. The van der Waals surface area contributed by atoms with Crippen LogP contribution in [0.25, 0.3) is 0 Å². The third kappa shape index (κ3) is 4.12. The number of hydrogen-bond acceptors (Lipinski definition) is 4. The van der Waals surface area contributed by atoms with E-state index in [0.717, 1.165) is 16.8 Å². The number of carbonyl (C=O) groups is 1. The molecule has 1 N–H and O–H groups in total. The highest BCUT2D eigenvalue weighted by atomic mass is 19.1. The summed E-state index contributed by atoms with van der Waals surface area (Å²) in [5.74, 6) is -0.926. The van der Waals surface area contributed by atoms with E-state index in [0.29, 0.717) is 39.1 Å². The minimum absolute atomic E-state index is 0.0710. The maximum Gasteiger partial charge on any atom is 0.239 e. The number of hydrogen-bond donors (Lipinski definition) is 1. The van der Waals surface area contributed by atoms with Crippen molar-refractivity contribution < 1.29 is 18.7 Å². The van der Waals surface area contributed by atoms with E-state index in [-0.39, 0.29) is 18.3 Å². The predicted octanol–water partition coefficient (Wildman–Crippen LogP) is 2.64. The van der Waals surface area contributed by atoms with Crippen LogP contribution in [0.2, 0.25) is 0 Å². The van der Waals surface area contributed by atoms with E-state index >= 15 is 0 Å². The molecule has 0 saturated carbocycles. The van der Waals surface area contributed by atoms with Gasteiger partial charge in [-0.3, -0.25) is 4.79 Å². The molecular weight excluding hydrogens is 347 g/mol. The number of carbonyl (C=O) groups excluding carboxylic acids is 1. The summed E-state index contributed by atoms with van der Waals surface area (Å²) in [5, 5.41) is 2.91. The van der Waals surface area contributed by atoms with Gasteiger partial charge in [-0.2, -0.15) is 0 Å². The van der Waals surface area contributed by atoms with Gasteiger partial charge < -0.3 is 19.7 Å². The Morgan fingerprint density at radius 1 is 1.11 bits per heavy atom. The molecular formula is C21H23FN2O3. The molecule has 0 aliphatic carbocycles. The Kier molecular flexibility index (Phi) is 5.09. The summed E-state index contributed by atoms with van der Waals surface area (Å²) < 4.78 is 24.8. The number of nitrogens with one attached hydrogen (secondary N) is 1. The number of para-hydroxylation sites is 1. The quantitative estimate of drug-likeness (QED) is 0.899. The zero-order valence-electron chi connectivity index (χ0n) is 15.1. The minimum Gasteiger partial charge on any atom is -0.362 e. The molecule has 1 amide bonds. The fraction of sp³-hybridized carbons (Fsp3) is 0.381. The summed E-state index contributed by atoms with van der Waals surface area (Å²) in [7, 11) is 0. The van der Waals surface area contributed by atoms with E-state index in [4.69, 9.17) is 9.47 Å². The van der Waals surface area contributed by atoms with Crippen molar-refractivity contribution in [2.24, 2.45) is 0 Å². The molecule has 2 heterocycles. The maximum absolute atomic E-state index is 13.0. The highest BCUT2D eigenvalue weighted by Crippen LogP contribution is 2.35. The summed E-state index contributed by atoms with van der Waals surface area (Å²) in [6.45, 7) is 2.54. The summed E-state index contributed by atoms with van der Waals surface area (Å²) in [6.07, 6.45) is 1.41. The van der Waals surface area contributed by atoms with Gasteiger partial charge >= 0.3 is 0 Å². The largest absolute Gasteiger partial charge is 0.362 e. The van der Waals surface area contributed by atoms with E-state index in [1.54, 1.807) is 12.1 Å². The van der Waals surface area contributed by atoms with Gasteiger partial charge in [0.05, 0.1) is 19.8 Å². The normalized spacial score (nSPS) is 18.2. The smallest absolute Gasteiger partial charge is 0.239 e. The van der Waals surface area contributed by atoms with Crippen LogP contribution < -0.4 is 10.2 Å². The third-order valence-corrected chi connectivity index (χ3v) is 5.11. The number of halogens is 1. The number of fused-ring (bicyclic) bond motifs is 1. The summed E-state index contributed by atoms with van der Waals surface area (Å²) in [4.78, 5) is 14.6. The van der Waals surface area contributed by atoms with Crippen LogP contribution in [-0.4, -0.2) is 38.0 Å². The SMILES string of the molecule is O=C(CN1CCC2(Cc3ccccc31)OCCO2)NCc1ccc(F)cc1. The Balaban J connectivity index is 1.43. The summed E-state index contributed by atoms with van der Waals surface area (Å²) in [5.41, 5.74) is 3.04. The molecule has 0 bridgehead atoms. The molecule has 1 saturated heterocycles. The van der Waals surface area contributed by atoms with Crippen LogP contribution in [0.5, 0.6) is 0 Å². The molecule has 2 aromatic rings. The van der Waals surface area contributed by atoms with Crippen LogP contribution in [-0.2, 0) is 27.2 Å². The van der Waals surface area contributed by atoms with E-state index in [9.17, 15) is 9.18 Å². The standard InChI is InChI=1S/C21H23FN2O3/c22-18-7-5-16(6-8-18)14-23-20(25)15-24-10-9-21(26-11-12-27-21)13-17-3-1-2-4-19(17)24/h1-8H,9-15H2,(H,23,25). The van der Waals surface area contributed by atoms with Crippen molar-refractivity contribution in [2.75, 3.05) is 31.2 Å². The van der Waals surface area contributed by atoms with E-state index in [2.05, 4.69) is 16.3 Å². The van der Waals surface area contributed by atoms with Crippen LogP contribution in [0, 0.1) is 5.82 Å². The van der Waals surface area contributed by atoms with Crippen LogP contribution in [0.4, 0.5) is 10.1 Å². The van der Waals surface area contributed by atoms with Gasteiger partial charge in [-0.25, -0.2) is 4.39 Å². The molecule has 2 aromatic carbocycles. The zero-order chi connectivity index (χ0) is 18.7. The van der Waals surface area contributed by atoms with E-state index < -0.39 is 5.79 Å². The Bertz CT molecular complexity index is 803. The molecule has 5 nitrogen and oxygen atoms in total. The molecule has 0 radical (unpaired) electrons. The summed E-state index contributed by atoms with van der Waals surface area (Å²) >= 11 is 0. The Morgan fingerprint density at radius 3 is 2.63 bits per heavy atom. The van der Waals surface area contributed by atoms with Crippen molar-refractivity contribution in [3.63, 3.8) is 0 Å². The lowest BCUT2D eigenvalue weighted by molar-refractivity contribution is -0.158. The van der Waals surface area contributed by atoms with Crippen molar-refractivity contribution in [3.05, 3.63) is 65.5 Å². The van der Waals surface area contributed by atoms with Crippen molar-refractivity contribution in [1.82, 2.24) is 5.32 Å². The van der Waals surface area contributed by atoms with Crippen molar-refractivity contribution >= 4 is 11.6 Å². The van der Waals surface area contributed by atoms with E-state index in [1.165, 1.54) is 12.1 Å². The second-order valence-corrected chi connectivity index (χ2v) is 6.99. The van der Waals surface area contributed by atoms with Crippen LogP contribution >= 0.6 is 0 Å². The van der Waals surface area contributed by atoms with Gasteiger partial charge in [-0.1, -0.05) is 30.3 Å².